The van der Waals surface area contributed by atoms with Crippen molar-refractivity contribution in [1.82, 2.24) is 9.62 Å². The van der Waals surface area contributed by atoms with Gasteiger partial charge in [-0.2, -0.15) is 4.31 Å². The molecule has 0 saturated heterocycles. The largest absolute Gasteiger partial charge is 0.338 e. The van der Waals surface area contributed by atoms with E-state index in [0.29, 0.717) is 31.7 Å². The molecule has 2 aromatic rings. The Bertz CT molecular complexity index is 849. The van der Waals surface area contributed by atoms with Gasteiger partial charge >= 0.3 is 6.03 Å². The van der Waals surface area contributed by atoms with E-state index < -0.39 is 16.1 Å². The Labute approximate surface area is 159 Å². The highest BCUT2D eigenvalue weighted by atomic mass is 32.2. The van der Waals surface area contributed by atoms with Crippen molar-refractivity contribution in [2.75, 3.05) is 25.0 Å². The van der Waals surface area contributed by atoms with Crippen LogP contribution in [0.5, 0.6) is 0 Å². The number of anilines is 1. The molecule has 0 atom stereocenters. The highest BCUT2D eigenvalue weighted by Gasteiger charge is 2.21. The number of carbonyl (C=O) groups excluding carboxylic acids is 1. The lowest BCUT2D eigenvalue weighted by Crippen LogP contribution is -2.31. The van der Waals surface area contributed by atoms with Crippen LogP contribution in [0.4, 0.5) is 14.9 Å². The molecule has 0 aromatic heterocycles. The minimum atomic E-state index is -3.52. The number of hydrogen-bond acceptors (Lipinski definition) is 3. The summed E-state index contributed by atoms with van der Waals surface area (Å²) < 4.78 is 39.1. The summed E-state index contributed by atoms with van der Waals surface area (Å²) in [4.78, 5) is 12.1. The number of benzene rings is 2. The van der Waals surface area contributed by atoms with E-state index in [1.54, 1.807) is 38.1 Å². The van der Waals surface area contributed by atoms with E-state index in [1.807, 2.05) is 0 Å². The minimum Gasteiger partial charge on any atom is -0.338 e. The Morgan fingerprint density at radius 2 is 1.59 bits per heavy atom. The van der Waals surface area contributed by atoms with Gasteiger partial charge in [-0.05, 0) is 48.4 Å². The Hall–Kier alpha value is -2.45. The molecule has 0 radical (unpaired) electrons. The summed E-state index contributed by atoms with van der Waals surface area (Å²) in [6, 6.07) is 11.8. The summed E-state index contributed by atoms with van der Waals surface area (Å²) in [6.45, 7) is 4.76. The van der Waals surface area contributed by atoms with E-state index in [1.165, 1.54) is 28.6 Å². The van der Waals surface area contributed by atoms with Crippen LogP contribution in [-0.4, -0.2) is 38.4 Å². The van der Waals surface area contributed by atoms with Gasteiger partial charge in [0.15, 0.2) is 0 Å². The number of amides is 2. The third kappa shape index (κ3) is 5.77. The van der Waals surface area contributed by atoms with Gasteiger partial charge in [-0.25, -0.2) is 17.6 Å². The molecule has 2 amide bonds. The summed E-state index contributed by atoms with van der Waals surface area (Å²) in [5.74, 6) is -0.295. The molecule has 0 fully saturated rings. The zero-order valence-corrected chi connectivity index (χ0v) is 16.2. The topological polar surface area (TPSA) is 78.5 Å². The van der Waals surface area contributed by atoms with Crippen LogP contribution >= 0.6 is 0 Å². The van der Waals surface area contributed by atoms with Crippen molar-refractivity contribution < 1.29 is 17.6 Å². The SMILES string of the molecule is CCN(CC)S(=O)(=O)c1ccc(NC(=O)NCCc2ccc(F)cc2)cc1. The molecular formula is C19H24FN3O3S. The second-order valence-corrected chi connectivity index (χ2v) is 7.81. The van der Waals surface area contributed by atoms with E-state index in [0.717, 1.165) is 5.56 Å². The molecule has 0 unspecified atom stereocenters. The fourth-order valence-corrected chi connectivity index (χ4v) is 4.03. The number of carbonyl (C=O) groups is 1. The Morgan fingerprint density at radius 3 is 2.15 bits per heavy atom. The predicted molar refractivity (Wildman–Crippen MR) is 104 cm³/mol. The third-order valence-electron chi connectivity index (χ3n) is 4.07. The second kappa shape index (κ2) is 9.48. The van der Waals surface area contributed by atoms with E-state index in [4.69, 9.17) is 0 Å². The standard InChI is InChI=1S/C19H24FN3O3S/c1-3-23(4-2)27(25,26)18-11-9-17(10-12-18)22-19(24)21-14-13-15-5-7-16(20)8-6-15/h5-12H,3-4,13-14H2,1-2H3,(H2,21,22,24). The lowest BCUT2D eigenvalue weighted by atomic mass is 10.1. The summed E-state index contributed by atoms with van der Waals surface area (Å²) in [6.07, 6.45) is 0.578. The smallest absolute Gasteiger partial charge is 0.319 e. The molecule has 0 aliphatic heterocycles. The summed E-state index contributed by atoms with van der Waals surface area (Å²) >= 11 is 0. The van der Waals surface area contributed by atoms with Gasteiger partial charge in [0.05, 0.1) is 4.90 Å². The van der Waals surface area contributed by atoms with Gasteiger partial charge in [0, 0.05) is 25.3 Å². The Morgan fingerprint density at radius 1 is 1.00 bits per heavy atom. The quantitative estimate of drug-likeness (QED) is 0.723. The molecule has 2 N–H and O–H groups in total. The molecule has 146 valence electrons. The Kier molecular flexibility index (Phi) is 7.32. The summed E-state index contributed by atoms with van der Waals surface area (Å²) in [5, 5.41) is 5.36. The van der Waals surface area contributed by atoms with Crippen LogP contribution in [0, 0.1) is 5.82 Å². The van der Waals surface area contributed by atoms with Gasteiger partial charge in [0.1, 0.15) is 5.82 Å². The Balaban J connectivity index is 1.88. The van der Waals surface area contributed by atoms with Crippen molar-refractivity contribution in [2.45, 2.75) is 25.2 Å². The van der Waals surface area contributed by atoms with Crippen LogP contribution in [0.25, 0.3) is 0 Å². The van der Waals surface area contributed by atoms with Gasteiger partial charge in [0.25, 0.3) is 0 Å². The van der Waals surface area contributed by atoms with Crippen molar-refractivity contribution in [3.05, 3.63) is 59.9 Å². The number of nitrogens with zero attached hydrogens (tertiary/aromatic N) is 1. The van der Waals surface area contributed by atoms with E-state index in [2.05, 4.69) is 10.6 Å². The van der Waals surface area contributed by atoms with Crippen LogP contribution in [0.3, 0.4) is 0 Å². The van der Waals surface area contributed by atoms with Crippen molar-refractivity contribution in [3.63, 3.8) is 0 Å². The maximum atomic E-state index is 12.8. The highest BCUT2D eigenvalue weighted by molar-refractivity contribution is 7.89. The summed E-state index contributed by atoms with van der Waals surface area (Å²) in [5.41, 5.74) is 1.41. The summed E-state index contributed by atoms with van der Waals surface area (Å²) in [7, 11) is -3.52. The van der Waals surface area contributed by atoms with Crippen LogP contribution < -0.4 is 10.6 Å². The van der Waals surface area contributed by atoms with Crippen LogP contribution in [0.1, 0.15) is 19.4 Å². The second-order valence-electron chi connectivity index (χ2n) is 5.87. The van der Waals surface area contributed by atoms with E-state index >= 15 is 0 Å². The number of sulfonamides is 1. The molecule has 0 saturated carbocycles. The molecule has 2 rings (SSSR count). The number of nitrogens with one attached hydrogen (secondary N) is 2. The first-order valence-corrected chi connectivity index (χ1v) is 10.2. The van der Waals surface area contributed by atoms with Gasteiger partial charge in [-0.1, -0.05) is 26.0 Å². The fraction of sp³-hybridized carbons (Fsp3) is 0.316. The zero-order valence-electron chi connectivity index (χ0n) is 15.4. The molecule has 6 nitrogen and oxygen atoms in total. The predicted octanol–water partition coefficient (Wildman–Crippen LogP) is 3.22. The first-order valence-electron chi connectivity index (χ1n) is 8.76. The van der Waals surface area contributed by atoms with E-state index in [9.17, 15) is 17.6 Å². The molecule has 0 bridgehead atoms. The van der Waals surface area contributed by atoms with Crippen LogP contribution in [0.2, 0.25) is 0 Å². The van der Waals surface area contributed by atoms with Gasteiger partial charge in [-0.15, -0.1) is 0 Å². The van der Waals surface area contributed by atoms with Gasteiger partial charge in [0.2, 0.25) is 10.0 Å². The number of rotatable bonds is 8. The van der Waals surface area contributed by atoms with Crippen LogP contribution in [-0.2, 0) is 16.4 Å². The number of halogens is 1. The van der Waals surface area contributed by atoms with Crippen molar-refractivity contribution in [1.29, 1.82) is 0 Å². The van der Waals surface area contributed by atoms with Gasteiger partial charge in [-0.3, -0.25) is 0 Å². The van der Waals surface area contributed by atoms with Crippen molar-refractivity contribution in [3.8, 4) is 0 Å². The van der Waals surface area contributed by atoms with Crippen molar-refractivity contribution in [2.24, 2.45) is 0 Å². The zero-order chi connectivity index (χ0) is 19.9. The molecule has 0 aliphatic carbocycles. The molecule has 0 heterocycles. The minimum absolute atomic E-state index is 0.188. The fourth-order valence-electron chi connectivity index (χ4n) is 2.57. The molecule has 27 heavy (non-hydrogen) atoms. The highest BCUT2D eigenvalue weighted by Crippen LogP contribution is 2.18. The lowest BCUT2D eigenvalue weighted by molar-refractivity contribution is 0.252. The first-order chi connectivity index (χ1) is 12.9. The average molecular weight is 393 g/mol. The van der Waals surface area contributed by atoms with Gasteiger partial charge < -0.3 is 10.6 Å². The number of hydrogen-bond donors (Lipinski definition) is 2. The molecular weight excluding hydrogens is 369 g/mol. The maximum absolute atomic E-state index is 12.8. The lowest BCUT2D eigenvalue weighted by Gasteiger charge is -2.18. The molecule has 0 aliphatic rings. The van der Waals surface area contributed by atoms with Crippen LogP contribution in [0.15, 0.2) is 53.4 Å². The normalized spacial score (nSPS) is 11.4. The third-order valence-corrected chi connectivity index (χ3v) is 6.13. The monoisotopic (exact) mass is 393 g/mol. The average Bonchev–Trinajstić information content (AvgIpc) is 2.64. The number of urea groups is 1. The molecule has 8 heteroatoms. The maximum Gasteiger partial charge on any atom is 0.319 e. The molecule has 0 spiro atoms. The molecule has 2 aromatic carbocycles. The van der Waals surface area contributed by atoms with E-state index in [-0.39, 0.29) is 10.7 Å². The van der Waals surface area contributed by atoms with Crippen molar-refractivity contribution >= 4 is 21.7 Å². The first kappa shape index (κ1) is 20.9.